The van der Waals surface area contributed by atoms with Crippen LogP contribution >= 0.6 is 0 Å². The molecule has 2 aromatic heterocycles. The number of amides is 1. The van der Waals surface area contributed by atoms with Crippen LogP contribution in [-0.4, -0.2) is 39.2 Å². The van der Waals surface area contributed by atoms with E-state index in [1.807, 2.05) is 41.3 Å². The zero-order chi connectivity index (χ0) is 17.2. The second-order valence-corrected chi connectivity index (χ2v) is 5.90. The Hall–Kier alpha value is -3.15. The van der Waals surface area contributed by atoms with Crippen LogP contribution in [0.1, 0.15) is 27.8 Å². The number of rotatable bonds is 3. The smallest absolute Gasteiger partial charge is 0.275 e. The lowest BCUT2D eigenvalue weighted by atomic mass is 9.99. The van der Waals surface area contributed by atoms with Gasteiger partial charge in [-0.2, -0.15) is 0 Å². The first-order valence-corrected chi connectivity index (χ1v) is 8.16. The fraction of sp³-hybridized carbons (Fsp3) is 0.211. The van der Waals surface area contributed by atoms with Crippen LogP contribution < -0.4 is 4.74 Å². The van der Waals surface area contributed by atoms with E-state index >= 15 is 0 Å². The number of fused-ring (bicyclic) bond motifs is 1. The SMILES string of the molecule is COc1ccc(C(=O)N2CCn3cccc3[C@H]2c2ccccc2)nn1. The zero-order valence-electron chi connectivity index (χ0n) is 13.9. The van der Waals surface area contributed by atoms with E-state index in [9.17, 15) is 4.79 Å². The molecule has 1 aromatic carbocycles. The fourth-order valence-corrected chi connectivity index (χ4v) is 3.28. The van der Waals surface area contributed by atoms with Crippen molar-refractivity contribution < 1.29 is 9.53 Å². The van der Waals surface area contributed by atoms with Gasteiger partial charge in [0.05, 0.1) is 13.2 Å². The van der Waals surface area contributed by atoms with Gasteiger partial charge in [-0.05, 0) is 23.8 Å². The zero-order valence-corrected chi connectivity index (χ0v) is 13.9. The van der Waals surface area contributed by atoms with Gasteiger partial charge in [-0.25, -0.2) is 0 Å². The van der Waals surface area contributed by atoms with Crippen LogP contribution in [0.2, 0.25) is 0 Å². The number of aromatic nitrogens is 3. The molecule has 0 aliphatic carbocycles. The molecule has 0 N–H and O–H groups in total. The average Bonchev–Trinajstić information content (AvgIpc) is 3.16. The molecule has 0 unspecified atom stereocenters. The van der Waals surface area contributed by atoms with E-state index in [0.717, 1.165) is 17.8 Å². The van der Waals surface area contributed by atoms with Gasteiger partial charge in [-0.15, -0.1) is 10.2 Å². The molecule has 4 rings (SSSR count). The topological polar surface area (TPSA) is 60.2 Å². The van der Waals surface area contributed by atoms with Crippen molar-refractivity contribution in [2.45, 2.75) is 12.6 Å². The van der Waals surface area contributed by atoms with Crippen LogP contribution in [0.4, 0.5) is 0 Å². The van der Waals surface area contributed by atoms with Crippen LogP contribution in [0.5, 0.6) is 5.88 Å². The van der Waals surface area contributed by atoms with Gasteiger partial charge < -0.3 is 14.2 Å². The molecular weight excluding hydrogens is 316 g/mol. The molecule has 25 heavy (non-hydrogen) atoms. The van der Waals surface area contributed by atoms with E-state index < -0.39 is 0 Å². The summed E-state index contributed by atoms with van der Waals surface area (Å²) < 4.78 is 7.21. The summed E-state index contributed by atoms with van der Waals surface area (Å²) in [6, 6.07) is 17.3. The summed E-state index contributed by atoms with van der Waals surface area (Å²) in [6.07, 6.45) is 2.06. The molecule has 0 radical (unpaired) electrons. The minimum atomic E-state index is -0.138. The predicted molar refractivity (Wildman–Crippen MR) is 92.3 cm³/mol. The van der Waals surface area contributed by atoms with Crippen molar-refractivity contribution in [2.75, 3.05) is 13.7 Å². The molecule has 126 valence electrons. The van der Waals surface area contributed by atoms with Crippen molar-refractivity contribution in [1.82, 2.24) is 19.7 Å². The highest BCUT2D eigenvalue weighted by molar-refractivity contribution is 5.92. The molecular formula is C19H18N4O2. The van der Waals surface area contributed by atoms with Crippen molar-refractivity contribution >= 4 is 5.91 Å². The third-order valence-electron chi connectivity index (χ3n) is 4.48. The maximum atomic E-state index is 13.1. The van der Waals surface area contributed by atoms with Crippen molar-refractivity contribution in [3.8, 4) is 5.88 Å². The van der Waals surface area contributed by atoms with Gasteiger partial charge in [0.2, 0.25) is 5.88 Å². The van der Waals surface area contributed by atoms with Gasteiger partial charge in [0.1, 0.15) is 0 Å². The Kier molecular flexibility index (Phi) is 3.93. The molecule has 1 aliphatic rings. The van der Waals surface area contributed by atoms with E-state index in [4.69, 9.17) is 4.74 Å². The number of carbonyl (C=O) groups is 1. The van der Waals surface area contributed by atoms with Crippen molar-refractivity contribution in [3.63, 3.8) is 0 Å². The van der Waals surface area contributed by atoms with Gasteiger partial charge >= 0.3 is 0 Å². The molecule has 0 bridgehead atoms. The quantitative estimate of drug-likeness (QED) is 0.738. The number of carbonyl (C=O) groups excluding carboxylic acids is 1. The first-order valence-electron chi connectivity index (χ1n) is 8.16. The Morgan fingerprint density at radius 3 is 2.60 bits per heavy atom. The minimum absolute atomic E-state index is 0.128. The molecule has 3 aromatic rings. The first kappa shape index (κ1) is 15.4. The Morgan fingerprint density at radius 1 is 1.04 bits per heavy atom. The van der Waals surface area contributed by atoms with Crippen molar-refractivity contribution in [2.24, 2.45) is 0 Å². The molecule has 1 aliphatic heterocycles. The molecule has 6 heteroatoms. The Labute approximate surface area is 145 Å². The Balaban J connectivity index is 1.73. The van der Waals surface area contributed by atoms with Crippen molar-refractivity contribution in [1.29, 1.82) is 0 Å². The van der Waals surface area contributed by atoms with Gasteiger partial charge in [0.25, 0.3) is 5.91 Å². The maximum absolute atomic E-state index is 13.1. The molecule has 0 fully saturated rings. The third-order valence-corrected chi connectivity index (χ3v) is 4.48. The summed E-state index contributed by atoms with van der Waals surface area (Å²) in [4.78, 5) is 15.0. The lowest BCUT2D eigenvalue weighted by Crippen LogP contribution is -2.42. The standard InChI is InChI=1S/C19H18N4O2/c1-25-17-10-9-15(20-21-17)19(24)23-13-12-22-11-5-8-16(22)18(23)14-6-3-2-4-7-14/h2-11,18H,12-13H2,1H3/t18-/m1/s1. The Bertz CT molecular complexity index is 874. The second-order valence-electron chi connectivity index (χ2n) is 5.90. The normalized spacial score (nSPS) is 16.4. The van der Waals surface area contributed by atoms with Crippen LogP contribution in [0.3, 0.4) is 0 Å². The highest BCUT2D eigenvalue weighted by Crippen LogP contribution is 2.33. The molecule has 0 saturated carbocycles. The highest BCUT2D eigenvalue weighted by atomic mass is 16.5. The maximum Gasteiger partial charge on any atom is 0.275 e. The number of methoxy groups -OCH3 is 1. The fourth-order valence-electron chi connectivity index (χ4n) is 3.28. The van der Waals surface area contributed by atoms with Crippen LogP contribution in [0.15, 0.2) is 60.8 Å². The number of benzene rings is 1. The monoisotopic (exact) mass is 334 g/mol. The molecule has 0 spiro atoms. The second kappa shape index (κ2) is 6.39. The predicted octanol–water partition coefficient (Wildman–Crippen LogP) is 2.53. The highest BCUT2D eigenvalue weighted by Gasteiger charge is 2.33. The summed E-state index contributed by atoms with van der Waals surface area (Å²) >= 11 is 0. The number of hydrogen-bond acceptors (Lipinski definition) is 4. The van der Waals surface area contributed by atoms with Gasteiger partial charge in [-0.1, -0.05) is 30.3 Å². The van der Waals surface area contributed by atoms with Crippen LogP contribution in [-0.2, 0) is 6.54 Å². The average molecular weight is 334 g/mol. The minimum Gasteiger partial charge on any atom is -0.480 e. The van der Waals surface area contributed by atoms with E-state index in [1.165, 1.54) is 7.11 Å². The van der Waals surface area contributed by atoms with Gasteiger partial charge in [-0.3, -0.25) is 4.79 Å². The van der Waals surface area contributed by atoms with Crippen LogP contribution in [0, 0.1) is 0 Å². The number of nitrogens with zero attached hydrogens (tertiary/aromatic N) is 4. The largest absolute Gasteiger partial charge is 0.480 e. The number of hydrogen-bond donors (Lipinski definition) is 0. The molecule has 6 nitrogen and oxygen atoms in total. The third kappa shape index (κ3) is 2.76. The molecule has 0 saturated heterocycles. The molecule has 1 amide bonds. The summed E-state index contributed by atoms with van der Waals surface area (Å²) in [5.74, 6) is 0.264. The summed E-state index contributed by atoms with van der Waals surface area (Å²) in [5.41, 5.74) is 2.51. The number of ether oxygens (including phenoxy) is 1. The van der Waals surface area contributed by atoms with Crippen LogP contribution in [0.25, 0.3) is 0 Å². The van der Waals surface area contributed by atoms with E-state index in [1.54, 1.807) is 12.1 Å². The van der Waals surface area contributed by atoms with E-state index in [0.29, 0.717) is 18.1 Å². The summed E-state index contributed by atoms with van der Waals surface area (Å²) in [5, 5.41) is 7.94. The lowest BCUT2D eigenvalue weighted by molar-refractivity contribution is 0.0656. The Morgan fingerprint density at radius 2 is 1.88 bits per heavy atom. The van der Waals surface area contributed by atoms with E-state index in [-0.39, 0.29) is 11.9 Å². The summed E-state index contributed by atoms with van der Waals surface area (Å²) in [7, 11) is 1.52. The van der Waals surface area contributed by atoms with E-state index in [2.05, 4.69) is 27.0 Å². The van der Waals surface area contributed by atoms with Gasteiger partial charge in [0, 0.05) is 31.0 Å². The lowest BCUT2D eigenvalue weighted by Gasteiger charge is -2.37. The van der Waals surface area contributed by atoms with Gasteiger partial charge in [0.15, 0.2) is 5.69 Å². The first-order chi connectivity index (χ1) is 12.3. The van der Waals surface area contributed by atoms with Crippen molar-refractivity contribution in [3.05, 3.63) is 77.7 Å². The summed E-state index contributed by atoms with van der Waals surface area (Å²) in [6.45, 7) is 1.38. The molecule has 1 atom stereocenters. The molecule has 3 heterocycles.